The maximum absolute atomic E-state index is 13.6. The van der Waals surface area contributed by atoms with Gasteiger partial charge in [-0.2, -0.15) is 0 Å². The molecule has 0 N–H and O–H groups in total. The first-order valence-corrected chi connectivity index (χ1v) is 10.5. The number of pyridine rings is 1. The first kappa shape index (κ1) is 19.1. The predicted octanol–water partition coefficient (Wildman–Crippen LogP) is 3.86. The van der Waals surface area contributed by atoms with E-state index in [-0.39, 0.29) is 11.5 Å². The molecule has 0 spiro atoms. The summed E-state index contributed by atoms with van der Waals surface area (Å²) in [7, 11) is 0. The number of nitrogens with zero attached hydrogens (tertiary/aromatic N) is 2. The molecule has 2 aliphatic rings. The number of hydrogen-bond acceptors (Lipinski definition) is 3. The monoisotopic (exact) mass is 420 g/mol. The van der Waals surface area contributed by atoms with Crippen molar-refractivity contribution in [3.05, 3.63) is 81.1 Å². The maximum Gasteiger partial charge on any atom is 0.258 e. The Morgan fingerprint density at radius 1 is 0.933 bits per heavy atom. The number of fused-ring (bicyclic) bond motifs is 3. The number of aryl methyl sites for hydroxylation is 1. The molecule has 0 saturated carbocycles. The fourth-order valence-electron chi connectivity index (χ4n) is 4.31. The fraction of sp³-hybridized carbons (Fsp3) is 0.250. The van der Waals surface area contributed by atoms with Crippen LogP contribution in [-0.2, 0) is 17.7 Å². The highest BCUT2D eigenvalue weighted by atomic mass is 35.5. The van der Waals surface area contributed by atoms with Crippen LogP contribution in [0, 0.1) is 0 Å². The quantitative estimate of drug-likeness (QED) is 0.632. The van der Waals surface area contributed by atoms with Gasteiger partial charge in [-0.1, -0.05) is 48.0 Å². The minimum Gasteiger partial charge on any atom is -0.378 e. The number of rotatable bonds is 2. The van der Waals surface area contributed by atoms with Crippen LogP contribution in [0.4, 0.5) is 0 Å². The van der Waals surface area contributed by atoms with Crippen LogP contribution in [0.25, 0.3) is 22.4 Å². The van der Waals surface area contributed by atoms with Crippen LogP contribution in [0.3, 0.4) is 0 Å². The molecule has 3 heterocycles. The molecule has 2 aromatic carbocycles. The first-order valence-electron chi connectivity index (χ1n) is 10.1. The third kappa shape index (κ3) is 3.24. The van der Waals surface area contributed by atoms with Gasteiger partial charge in [-0.05, 0) is 35.7 Å². The van der Waals surface area contributed by atoms with E-state index >= 15 is 0 Å². The Morgan fingerprint density at radius 3 is 2.47 bits per heavy atom. The van der Waals surface area contributed by atoms with Crippen LogP contribution < -0.4 is 5.56 Å². The van der Waals surface area contributed by atoms with Gasteiger partial charge in [-0.15, -0.1) is 0 Å². The standard InChI is InChI=1S/C24H21ClN2O3/c25-18-7-6-17-8-9-27-22(19(17)14-18)21(23(28)26-10-12-30-13-11-26)15-20(24(27)29)16-4-2-1-3-5-16/h1-7,14-15H,8-13H2. The highest BCUT2D eigenvalue weighted by Crippen LogP contribution is 2.35. The summed E-state index contributed by atoms with van der Waals surface area (Å²) in [6.07, 6.45) is 0.725. The Bertz CT molecular complexity index is 1180. The molecule has 5 nitrogen and oxygen atoms in total. The van der Waals surface area contributed by atoms with Crippen molar-refractivity contribution < 1.29 is 9.53 Å². The number of amides is 1. The van der Waals surface area contributed by atoms with Gasteiger partial charge in [0.25, 0.3) is 11.5 Å². The van der Waals surface area contributed by atoms with Crippen LogP contribution >= 0.6 is 11.6 Å². The molecule has 5 rings (SSSR count). The van der Waals surface area contributed by atoms with E-state index in [9.17, 15) is 9.59 Å². The Morgan fingerprint density at radius 2 is 1.70 bits per heavy atom. The Labute approximate surface area is 179 Å². The summed E-state index contributed by atoms with van der Waals surface area (Å²) in [6.45, 7) is 2.66. The largest absolute Gasteiger partial charge is 0.378 e. The summed E-state index contributed by atoms with van der Waals surface area (Å²) in [4.78, 5) is 28.8. The molecule has 1 amide bonds. The number of ether oxygens (including phenoxy) is 1. The summed E-state index contributed by atoms with van der Waals surface area (Å²) in [5.41, 5.74) is 4.44. The molecule has 1 fully saturated rings. The van der Waals surface area contributed by atoms with Crippen molar-refractivity contribution in [2.45, 2.75) is 13.0 Å². The van der Waals surface area contributed by atoms with Gasteiger partial charge >= 0.3 is 0 Å². The van der Waals surface area contributed by atoms with E-state index in [1.54, 1.807) is 15.5 Å². The topological polar surface area (TPSA) is 51.5 Å². The lowest BCUT2D eigenvalue weighted by Gasteiger charge is -2.30. The summed E-state index contributed by atoms with van der Waals surface area (Å²) in [6, 6.07) is 17.0. The Balaban J connectivity index is 1.77. The van der Waals surface area contributed by atoms with Crippen LogP contribution in [0.1, 0.15) is 15.9 Å². The summed E-state index contributed by atoms with van der Waals surface area (Å²) >= 11 is 6.29. The zero-order chi connectivity index (χ0) is 20.7. The van der Waals surface area contributed by atoms with Crippen LogP contribution in [0.2, 0.25) is 5.02 Å². The van der Waals surface area contributed by atoms with E-state index in [4.69, 9.17) is 16.3 Å². The number of benzene rings is 2. The van der Waals surface area contributed by atoms with Gasteiger partial charge in [0, 0.05) is 35.8 Å². The van der Waals surface area contributed by atoms with Gasteiger partial charge < -0.3 is 14.2 Å². The van der Waals surface area contributed by atoms with E-state index in [0.717, 1.165) is 23.1 Å². The molecule has 0 aliphatic carbocycles. The molecule has 6 heteroatoms. The Kier molecular flexibility index (Phi) is 4.93. The van der Waals surface area contributed by atoms with Gasteiger partial charge in [-0.25, -0.2) is 0 Å². The van der Waals surface area contributed by atoms with Crippen molar-refractivity contribution in [2.75, 3.05) is 26.3 Å². The molecule has 1 saturated heterocycles. The lowest BCUT2D eigenvalue weighted by atomic mass is 9.92. The number of carbonyl (C=O) groups is 1. The Hall–Kier alpha value is -2.89. The number of aromatic nitrogens is 1. The second-order valence-electron chi connectivity index (χ2n) is 7.60. The number of hydrogen-bond donors (Lipinski definition) is 0. The molecule has 0 unspecified atom stereocenters. The summed E-state index contributed by atoms with van der Waals surface area (Å²) in [5, 5.41) is 0.589. The molecular weight excluding hydrogens is 400 g/mol. The third-order valence-corrected chi connectivity index (χ3v) is 6.07. The molecule has 3 aromatic rings. The highest BCUT2D eigenvalue weighted by molar-refractivity contribution is 6.31. The molecule has 0 bridgehead atoms. The average molecular weight is 421 g/mol. The molecule has 0 atom stereocenters. The molecule has 0 radical (unpaired) electrons. The minimum atomic E-state index is -0.0830. The lowest BCUT2D eigenvalue weighted by Crippen LogP contribution is -2.42. The van der Waals surface area contributed by atoms with Crippen LogP contribution in [-0.4, -0.2) is 41.7 Å². The first-order chi connectivity index (χ1) is 14.6. The SMILES string of the molecule is O=C(c1cc(-c2ccccc2)c(=O)n2c1-c1cc(Cl)ccc1CC2)N1CCOCC1. The minimum absolute atomic E-state index is 0.0768. The van der Waals surface area contributed by atoms with Crippen molar-refractivity contribution >= 4 is 17.5 Å². The summed E-state index contributed by atoms with van der Waals surface area (Å²) in [5.74, 6) is -0.0768. The van der Waals surface area contributed by atoms with Gasteiger partial charge in [0.2, 0.25) is 0 Å². The zero-order valence-electron chi connectivity index (χ0n) is 16.4. The fourth-order valence-corrected chi connectivity index (χ4v) is 4.49. The van der Waals surface area contributed by atoms with Gasteiger partial charge in [0.15, 0.2) is 0 Å². The lowest BCUT2D eigenvalue weighted by molar-refractivity contribution is 0.0303. The average Bonchev–Trinajstić information content (AvgIpc) is 2.80. The maximum atomic E-state index is 13.6. The van der Waals surface area contributed by atoms with Gasteiger partial charge in [0.05, 0.1) is 24.5 Å². The van der Waals surface area contributed by atoms with Gasteiger partial charge in [0.1, 0.15) is 0 Å². The van der Waals surface area contributed by atoms with E-state index in [1.165, 1.54) is 0 Å². The van der Waals surface area contributed by atoms with E-state index in [1.807, 2.05) is 48.5 Å². The second-order valence-corrected chi connectivity index (χ2v) is 8.04. The molecule has 2 aliphatic heterocycles. The second kappa shape index (κ2) is 7.74. The summed E-state index contributed by atoms with van der Waals surface area (Å²) < 4.78 is 7.16. The third-order valence-electron chi connectivity index (χ3n) is 5.83. The van der Waals surface area contributed by atoms with Crippen molar-refractivity contribution in [1.29, 1.82) is 0 Å². The number of carbonyl (C=O) groups excluding carboxylic acids is 1. The van der Waals surface area contributed by atoms with Crippen molar-refractivity contribution in [3.8, 4) is 22.4 Å². The van der Waals surface area contributed by atoms with Gasteiger partial charge in [-0.3, -0.25) is 9.59 Å². The van der Waals surface area contributed by atoms with Crippen molar-refractivity contribution in [2.24, 2.45) is 0 Å². The normalized spacial score (nSPS) is 15.4. The predicted molar refractivity (Wildman–Crippen MR) is 117 cm³/mol. The van der Waals surface area contributed by atoms with Crippen LogP contribution in [0.15, 0.2) is 59.4 Å². The molecular formula is C24H21ClN2O3. The van der Waals surface area contributed by atoms with E-state index < -0.39 is 0 Å². The number of morpholine rings is 1. The zero-order valence-corrected chi connectivity index (χ0v) is 17.2. The molecule has 152 valence electrons. The van der Waals surface area contributed by atoms with Crippen molar-refractivity contribution in [3.63, 3.8) is 0 Å². The van der Waals surface area contributed by atoms with Crippen LogP contribution in [0.5, 0.6) is 0 Å². The van der Waals surface area contributed by atoms with E-state index in [0.29, 0.717) is 54.7 Å². The molecule has 1 aromatic heterocycles. The van der Waals surface area contributed by atoms with E-state index in [2.05, 4.69) is 0 Å². The highest BCUT2D eigenvalue weighted by Gasteiger charge is 2.29. The molecule has 30 heavy (non-hydrogen) atoms. The van der Waals surface area contributed by atoms with Crippen molar-refractivity contribution in [1.82, 2.24) is 9.47 Å². The smallest absolute Gasteiger partial charge is 0.258 e. The number of halogens is 1.